The van der Waals surface area contributed by atoms with Crippen molar-refractivity contribution in [3.05, 3.63) is 53.1 Å². The number of thioether (sulfide) groups is 1. The van der Waals surface area contributed by atoms with Gasteiger partial charge in [0.15, 0.2) is 0 Å². The fourth-order valence-electron chi connectivity index (χ4n) is 3.40. The van der Waals surface area contributed by atoms with E-state index in [1.54, 1.807) is 11.8 Å². The third-order valence-corrected chi connectivity index (χ3v) is 7.37. The number of carbonyl (C=O) groups excluding carboxylic acids is 3. The molecule has 11 heteroatoms. The van der Waals surface area contributed by atoms with Gasteiger partial charge in [-0.25, -0.2) is 4.31 Å². The van der Waals surface area contributed by atoms with Gasteiger partial charge in [0.2, 0.25) is 11.8 Å². The molecule has 0 spiro atoms. The van der Waals surface area contributed by atoms with Gasteiger partial charge in [0.1, 0.15) is 10.7 Å². The van der Waals surface area contributed by atoms with Crippen molar-refractivity contribution in [1.82, 2.24) is 4.31 Å². The van der Waals surface area contributed by atoms with E-state index < -0.39 is 3.12 Å². The standard InChI is InChI=1S/C12H13NO2S.C9H8Cl3NO2S/c1-9-11(16-8-7-15-9)12(14)13-10-5-3-2-4-6-10;10-9(11,12)16-13-7(14)5-3-1-2-4-6(5)8(13)15/h2-6H,7-8H2,1H3,(H,13,14);1-2,5-6H,3-4H2. The van der Waals surface area contributed by atoms with Crippen LogP contribution in [-0.2, 0) is 19.1 Å². The van der Waals surface area contributed by atoms with Crippen molar-refractivity contribution in [3.63, 3.8) is 0 Å². The second kappa shape index (κ2) is 11.2. The molecule has 0 saturated carbocycles. The Hall–Kier alpha value is -1.32. The monoisotopic (exact) mass is 534 g/mol. The number of ether oxygens (including phenoxy) is 1. The first-order valence-corrected chi connectivity index (χ1v) is 12.7. The number of allylic oxidation sites excluding steroid dienone is 3. The minimum atomic E-state index is -1.69. The molecule has 2 atom stereocenters. The number of rotatable bonds is 3. The van der Waals surface area contributed by atoms with Crippen LogP contribution in [0, 0.1) is 11.8 Å². The fourth-order valence-corrected chi connectivity index (χ4v) is 5.50. The number of imide groups is 1. The Morgan fingerprint density at radius 3 is 2.25 bits per heavy atom. The second-order valence-corrected chi connectivity index (χ2v) is 12.3. The third kappa shape index (κ3) is 6.60. The Kier molecular flexibility index (Phi) is 8.86. The molecule has 2 aliphatic heterocycles. The number of anilines is 1. The van der Waals surface area contributed by atoms with Crippen LogP contribution in [0.1, 0.15) is 19.8 Å². The van der Waals surface area contributed by atoms with E-state index in [4.69, 9.17) is 39.5 Å². The quantitative estimate of drug-likeness (QED) is 0.237. The molecule has 1 fully saturated rings. The van der Waals surface area contributed by atoms with Crippen LogP contribution in [0.4, 0.5) is 5.69 Å². The van der Waals surface area contributed by atoms with Crippen molar-refractivity contribution in [2.75, 3.05) is 17.7 Å². The average Bonchev–Trinajstić information content (AvgIpc) is 2.99. The predicted molar refractivity (Wildman–Crippen MR) is 131 cm³/mol. The lowest BCUT2D eigenvalue weighted by Gasteiger charge is -2.17. The highest BCUT2D eigenvalue weighted by Gasteiger charge is 2.49. The lowest BCUT2D eigenvalue weighted by atomic mass is 9.85. The Balaban J connectivity index is 0.000000181. The van der Waals surface area contributed by atoms with Crippen LogP contribution in [0.15, 0.2) is 53.1 Å². The number of hydrogen-bond acceptors (Lipinski definition) is 6. The molecule has 6 nitrogen and oxygen atoms in total. The molecule has 1 saturated heterocycles. The molecule has 1 aromatic rings. The van der Waals surface area contributed by atoms with Gasteiger partial charge in [-0.15, -0.1) is 11.8 Å². The van der Waals surface area contributed by atoms with Crippen molar-refractivity contribution in [3.8, 4) is 0 Å². The number of halogens is 3. The van der Waals surface area contributed by atoms with Crippen molar-refractivity contribution in [2.24, 2.45) is 11.8 Å². The molecule has 2 unspecified atom stereocenters. The van der Waals surface area contributed by atoms with Crippen LogP contribution in [0.2, 0.25) is 0 Å². The molecular formula is C21H21Cl3N2O4S2. The predicted octanol–water partition coefficient (Wildman–Crippen LogP) is 5.53. The van der Waals surface area contributed by atoms with Gasteiger partial charge in [-0.3, -0.25) is 14.4 Å². The van der Waals surface area contributed by atoms with Crippen LogP contribution in [0.25, 0.3) is 0 Å². The molecular weight excluding hydrogens is 515 g/mol. The van der Waals surface area contributed by atoms with Gasteiger partial charge in [-0.05, 0) is 31.9 Å². The van der Waals surface area contributed by atoms with Crippen LogP contribution in [0.3, 0.4) is 0 Å². The summed E-state index contributed by atoms with van der Waals surface area (Å²) in [5, 5.41) is 2.84. The van der Waals surface area contributed by atoms with Crippen LogP contribution in [-0.4, -0.2) is 37.5 Å². The molecule has 4 rings (SSSR count). The lowest BCUT2D eigenvalue weighted by molar-refractivity contribution is -0.133. The zero-order chi connectivity index (χ0) is 23.3. The summed E-state index contributed by atoms with van der Waals surface area (Å²) < 4.78 is 4.65. The largest absolute Gasteiger partial charge is 0.496 e. The first-order valence-electron chi connectivity index (χ1n) is 9.79. The summed E-state index contributed by atoms with van der Waals surface area (Å²) >= 11 is 18.9. The maximum atomic E-state index is 11.9. The topological polar surface area (TPSA) is 75.7 Å². The normalized spacial score (nSPS) is 22.7. The number of nitrogens with one attached hydrogen (secondary N) is 1. The first-order chi connectivity index (χ1) is 15.2. The smallest absolute Gasteiger partial charge is 0.265 e. The number of benzene rings is 1. The maximum Gasteiger partial charge on any atom is 0.265 e. The van der Waals surface area contributed by atoms with Gasteiger partial charge in [-0.2, -0.15) is 0 Å². The van der Waals surface area contributed by atoms with E-state index in [1.165, 1.54) is 0 Å². The highest BCUT2D eigenvalue weighted by atomic mass is 35.6. The maximum absolute atomic E-state index is 11.9. The number of amides is 3. The van der Waals surface area contributed by atoms with Gasteiger partial charge in [0, 0.05) is 23.4 Å². The summed E-state index contributed by atoms with van der Waals surface area (Å²) in [7, 11) is 0. The second-order valence-electron chi connectivity index (χ2n) is 7.07. The molecule has 1 aliphatic carbocycles. The number of fused-ring (bicyclic) bond motifs is 1. The van der Waals surface area contributed by atoms with E-state index in [0.717, 1.165) is 15.7 Å². The molecule has 0 bridgehead atoms. The van der Waals surface area contributed by atoms with Crippen molar-refractivity contribution >= 4 is 81.9 Å². The number of para-hydroxylation sites is 1. The van der Waals surface area contributed by atoms with Crippen LogP contribution >= 0.6 is 58.5 Å². The highest BCUT2D eigenvalue weighted by Crippen LogP contribution is 2.46. The van der Waals surface area contributed by atoms with Gasteiger partial charge in [0.25, 0.3) is 9.03 Å². The van der Waals surface area contributed by atoms with E-state index in [2.05, 4.69) is 5.32 Å². The fraction of sp³-hybridized carbons (Fsp3) is 0.381. The Morgan fingerprint density at radius 1 is 1.12 bits per heavy atom. The summed E-state index contributed by atoms with van der Waals surface area (Å²) in [5.41, 5.74) is 0.805. The summed E-state index contributed by atoms with van der Waals surface area (Å²) in [6.07, 6.45) is 5.00. The van der Waals surface area contributed by atoms with E-state index in [-0.39, 0.29) is 29.6 Å². The van der Waals surface area contributed by atoms with Gasteiger partial charge in [-0.1, -0.05) is 65.2 Å². The first kappa shape index (κ1) is 25.3. The van der Waals surface area contributed by atoms with Gasteiger partial charge < -0.3 is 10.1 Å². The number of nitrogens with zero attached hydrogens (tertiary/aromatic N) is 1. The number of hydrogen-bond donors (Lipinski definition) is 1. The third-order valence-electron chi connectivity index (χ3n) is 4.87. The molecule has 32 heavy (non-hydrogen) atoms. The average molecular weight is 536 g/mol. The van der Waals surface area contributed by atoms with Crippen molar-refractivity contribution in [1.29, 1.82) is 0 Å². The van der Waals surface area contributed by atoms with E-state index >= 15 is 0 Å². The molecule has 1 N–H and O–H groups in total. The van der Waals surface area contributed by atoms with Crippen molar-refractivity contribution < 1.29 is 19.1 Å². The molecule has 2 heterocycles. The minimum absolute atomic E-state index is 0.0894. The van der Waals surface area contributed by atoms with E-state index in [9.17, 15) is 14.4 Å². The SMILES string of the molecule is CC1=C(C(=O)Nc2ccccc2)SCCO1.O=C1C2CC=CCC2C(=O)N1SC(Cl)(Cl)Cl. The highest BCUT2D eigenvalue weighted by molar-refractivity contribution is 8.04. The van der Waals surface area contributed by atoms with Crippen LogP contribution < -0.4 is 5.32 Å². The summed E-state index contributed by atoms with van der Waals surface area (Å²) in [6, 6.07) is 9.42. The molecule has 1 aromatic carbocycles. The number of carbonyl (C=O) groups is 3. The molecule has 0 aromatic heterocycles. The van der Waals surface area contributed by atoms with Crippen LogP contribution in [0.5, 0.6) is 0 Å². The summed E-state index contributed by atoms with van der Waals surface area (Å²) in [5.74, 6) is 0.383. The van der Waals surface area contributed by atoms with Gasteiger partial charge >= 0.3 is 0 Å². The Labute approximate surface area is 210 Å². The van der Waals surface area contributed by atoms with E-state index in [0.29, 0.717) is 42.1 Å². The molecule has 3 amide bonds. The lowest BCUT2D eigenvalue weighted by Crippen LogP contribution is -2.26. The molecule has 0 radical (unpaired) electrons. The Bertz CT molecular complexity index is 909. The summed E-state index contributed by atoms with van der Waals surface area (Å²) in [4.78, 5) is 36.4. The molecule has 3 aliphatic rings. The summed E-state index contributed by atoms with van der Waals surface area (Å²) in [6.45, 7) is 2.50. The Morgan fingerprint density at radius 2 is 1.72 bits per heavy atom. The van der Waals surface area contributed by atoms with Crippen molar-refractivity contribution in [2.45, 2.75) is 22.9 Å². The van der Waals surface area contributed by atoms with Gasteiger partial charge in [0.05, 0.1) is 18.4 Å². The molecule has 172 valence electrons. The minimum Gasteiger partial charge on any atom is -0.496 e. The number of alkyl halides is 3. The zero-order valence-corrected chi connectivity index (χ0v) is 21.0. The van der Waals surface area contributed by atoms with E-state index in [1.807, 2.05) is 49.4 Å². The zero-order valence-electron chi connectivity index (χ0n) is 17.1.